The summed E-state index contributed by atoms with van der Waals surface area (Å²) in [5.41, 5.74) is 1.46. The lowest BCUT2D eigenvalue weighted by molar-refractivity contribution is -0.0149. The Kier molecular flexibility index (Phi) is 3.79. The van der Waals surface area contributed by atoms with E-state index in [0.29, 0.717) is 0 Å². The van der Waals surface area contributed by atoms with Gasteiger partial charge >= 0.3 is 0 Å². The van der Waals surface area contributed by atoms with Crippen LogP contribution in [-0.4, -0.2) is 18.2 Å². The summed E-state index contributed by atoms with van der Waals surface area (Å²) in [4.78, 5) is 0. The molecule has 0 saturated heterocycles. The topological polar surface area (TPSA) is 21.3 Å². The second-order valence-corrected chi connectivity index (χ2v) is 6.08. The average molecular weight is 259 g/mol. The van der Waals surface area contributed by atoms with Gasteiger partial charge in [0.2, 0.25) is 0 Å². The zero-order valence-electron chi connectivity index (χ0n) is 12.0. The molecule has 0 unspecified atom stereocenters. The molecule has 0 amide bonds. The summed E-state index contributed by atoms with van der Waals surface area (Å²) in [6, 6.07) is 9.31. The van der Waals surface area contributed by atoms with Gasteiger partial charge < -0.3 is 10.1 Å². The van der Waals surface area contributed by atoms with Crippen molar-refractivity contribution in [3.8, 4) is 5.75 Å². The van der Waals surface area contributed by atoms with Crippen molar-refractivity contribution < 1.29 is 4.74 Å². The van der Waals surface area contributed by atoms with Crippen molar-refractivity contribution in [2.24, 2.45) is 0 Å². The van der Waals surface area contributed by atoms with Gasteiger partial charge in [0.25, 0.3) is 0 Å². The van der Waals surface area contributed by atoms with Crippen LogP contribution in [0.1, 0.15) is 51.0 Å². The van der Waals surface area contributed by atoms with Crippen molar-refractivity contribution in [2.45, 2.75) is 63.5 Å². The van der Waals surface area contributed by atoms with Crippen molar-refractivity contribution in [3.63, 3.8) is 0 Å². The number of para-hydroxylation sites is 1. The summed E-state index contributed by atoms with van der Waals surface area (Å²) in [5.74, 6) is 1.11. The lowest BCUT2D eigenvalue weighted by atomic mass is 9.77. The van der Waals surface area contributed by atoms with Crippen LogP contribution >= 0.6 is 0 Å². The maximum atomic E-state index is 6.42. The molecule has 0 spiro atoms. The standard InChI is InChI=1S/C17H25NO/c1-2-14-6-3-4-7-16(14)19-17(10-5-11-17)12-13-18-15-8-9-15/h3-4,6-7,15,18H,2,5,8-13H2,1H3. The van der Waals surface area contributed by atoms with E-state index < -0.39 is 0 Å². The molecule has 0 aromatic heterocycles. The van der Waals surface area contributed by atoms with E-state index in [0.717, 1.165) is 31.2 Å². The monoisotopic (exact) mass is 259 g/mol. The molecule has 104 valence electrons. The molecule has 0 heterocycles. The normalized spacial score (nSPS) is 20.9. The van der Waals surface area contributed by atoms with Crippen molar-refractivity contribution in [2.75, 3.05) is 6.54 Å². The number of aryl methyl sites for hydroxylation is 1. The van der Waals surface area contributed by atoms with Crippen LogP contribution in [0.2, 0.25) is 0 Å². The Morgan fingerprint density at radius 3 is 2.68 bits per heavy atom. The van der Waals surface area contributed by atoms with Crippen LogP contribution in [-0.2, 0) is 6.42 Å². The van der Waals surface area contributed by atoms with Crippen molar-refractivity contribution in [1.29, 1.82) is 0 Å². The maximum Gasteiger partial charge on any atom is 0.123 e. The quantitative estimate of drug-likeness (QED) is 0.806. The van der Waals surface area contributed by atoms with Gasteiger partial charge in [-0.2, -0.15) is 0 Å². The number of nitrogens with one attached hydrogen (secondary N) is 1. The number of hydrogen-bond acceptors (Lipinski definition) is 2. The van der Waals surface area contributed by atoms with Gasteiger partial charge in [-0.1, -0.05) is 25.1 Å². The fourth-order valence-corrected chi connectivity index (χ4v) is 2.89. The van der Waals surface area contributed by atoms with Gasteiger partial charge in [-0.3, -0.25) is 0 Å². The first-order valence-corrected chi connectivity index (χ1v) is 7.82. The van der Waals surface area contributed by atoms with Crippen LogP contribution in [0.25, 0.3) is 0 Å². The van der Waals surface area contributed by atoms with E-state index in [-0.39, 0.29) is 5.60 Å². The molecule has 3 rings (SSSR count). The van der Waals surface area contributed by atoms with Crippen LogP contribution in [0.3, 0.4) is 0 Å². The highest BCUT2D eigenvalue weighted by atomic mass is 16.5. The zero-order chi connectivity index (χ0) is 13.1. The van der Waals surface area contributed by atoms with Crippen molar-refractivity contribution in [1.82, 2.24) is 5.32 Å². The van der Waals surface area contributed by atoms with E-state index in [1.54, 1.807) is 0 Å². The fraction of sp³-hybridized carbons (Fsp3) is 0.647. The molecule has 0 bridgehead atoms. The smallest absolute Gasteiger partial charge is 0.123 e. The molecule has 1 aromatic carbocycles. The Labute approximate surface area is 116 Å². The fourth-order valence-electron chi connectivity index (χ4n) is 2.89. The predicted molar refractivity (Wildman–Crippen MR) is 78.7 cm³/mol. The van der Waals surface area contributed by atoms with Crippen LogP contribution in [0.15, 0.2) is 24.3 Å². The minimum atomic E-state index is 0.118. The first-order valence-electron chi connectivity index (χ1n) is 7.82. The average Bonchev–Trinajstić information content (AvgIpc) is 3.20. The molecule has 2 fully saturated rings. The summed E-state index contributed by atoms with van der Waals surface area (Å²) in [6.07, 6.45) is 8.69. The Morgan fingerprint density at radius 1 is 1.26 bits per heavy atom. The summed E-state index contributed by atoms with van der Waals surface area (Å²) in [5, 5.41) is 3.61. The first-order chi connectivity index (χ1) is 9.31. The highest BCUT2D eigenvalue weighted by molar-refractivity contribution is 5.34. The van der Waals surface area contributed by atoms with Crippen molar-refractivity contribution in [3.05, 3.63) is 29.8 Å². The van der Waals surface area contributed by atoms with Crippen LogP contribution < -0.4 is 10.1 Å². The van der Waals surface area contributed by atoms with E-state index >= 15 is 0 Å². The molecule has 0 radical (unpaired) electrons. The zero-order valence-corrected chi connectivity index (χ0v) is 12.0. The predicted octanol–water partition coefficient (Wildman–Crippen LogP) is 3.69. The molecule has 0 atom stereocenters. The SMILES string of the molecule is CCc1ccccc1OC1(CCNC2CC2)CCC1. The molecule has 2 aliphatic rings. The summed E-state index contributed by atoms with van der Waals surface area (Å²) >= 11 is 0. The second kappa shape index (κ2) is 5.54. The molecular formula is C17H25NO. The van der Waals surface area contributed by atoms with Crippen LogP contribution in [0.5, 0.6) is 5.75 Å². The number of rotatable bonds is 7. The Bertz CT molecular complexity index is 421. The van der Waals surface area contributed by atoms with Gasteiger partial charge in [-0.25, -0.2) is 0 Å². The Hall–Kier alpha value is -1.02. The van der Waals surface area contributed by atoms with E-state index in [4.69, 9.17) is 4.74 Å². The number of ether oxygens (including phenoxy) is 1. The molecule has 0 aliphatic heterocycles. The van der Waals surface area contributed by atoms with Gasteiger partial charge in [0.1, 0.15) is 11.4 Å². The van der Waals surface area contributed by atoms with E-state index in [1.807, 2.05) is 0 Å². The third kappa shape index (κ3) is 3.11. The van der Waals surface area contributed by atoms with Crippen LogP contribution in [0, 0.1) is 0 Å². The molecule has 1 N–H and O–H groups in total. The molecule has 2 heteroatoms. The Morgan fingerprint density at radius 2 is 2.05 bits per heavy atom. The van der Waals surface area contributed by atoms with E-state index in [9.17, 15) is 0 Å². The molecule has 1 aromatic rings. The number of hydrogen-bond donors (Lipinski definition) is 1. The van der Waals surface area contributed by atoms with E-state index in [2.05, 4.69) is 36.5 Å². The Balaban J connectivity index is 1.61. The van der Waals surface area contributed by atoms with Crippen molar-refractivity contribution >= 4 is 0 Å². The third-order valence-electron chi connectivity index (χ3n) is 4.54. The van der Waals surface area contributed by atoms with Crippen LogP contribution in [0.4, 0.5) is 0 Å². The summed E-state index contributed by atoms with van der Waals surface area (Å²) in [6.45, 7) is 3.31. The van der Waals surface area contributed by atoms with Gasteiger partial charge in [-0.15, -0.1) is 0 Å². The largest absolute Gasteiger partial charge is 0.487 e. The minimum Gasteiger partial charge on any atom is -0.487 e. The molecule has 2 nitrogen and oxygen atoms in total. The van der Waals surface area contributed by atoms with E-state index in [1.165, 1.54) is 37.7 Å². The van der Waals surface area contributed by atoms with Gasteiger partial charge in [0.15, 0.2) is 0 Å². The van der Waals surface area contributed by atoms with Gasteiger partial charge in [-0.05, 0) is 63.1 Å². The lowest BCUT2D eigenvalue weighted by Gasteiger charge is -2.42. The molecule has 2 saturated carbocycles. The lowest BCUT2D eigenvalue weighted by Crippen LogP contribution is -2.45. The summed E-state index contributed by atoms with van der Waals surface area (Å²) < 4.78 is 6.42. The second-order valence-electron chi connectivity index (χ2n) is 6.08. The molecule has 19 heavy (non-hydrogen) atoms. The van der Waals surface area contributed by atoms with Gasteiger partial charge in [0.05, 0.1) is 0 Å². The number of benzene rings is 1. The molecular weight excluding hydrogens is 234 g/mol. The first kappa shape index (κ1) is 13.0. The third-order valence-corrected chi connectivity index (χ3v) is 4.54. The maximum absolute atomic E-state index is 6.42. The molecule has 2 aliphatic carbocycles. The highest BCUT2D eigenvalue weighted by Crippen LogP contribution is 2.40. The minimum absolute atomic E-state index is 0.118. The highest BCUT2D eigenvalue weighted by Gasteiger charge is 2.39. The van der Waals surface area contributed by atoms with Gasteiger partial charge in [0, 0.05) is 6.04 Å². The summed E-state index contributed by atoms with van der Waals surface area (Å²) in [7, 11) is 0.